The molecule has 1 aromatic heterocycles. The Morgan fingerprint density at radius 1 is 1.24 bits per heavy atom. The van der Waals surface area contributed by atoms with Crippen LogP contribution in [0, 0.1) is 0 Å². The summed E-state index contributed by atoms with van der Waals surface area (Å²) >= 11 is 1.76. The molecule has 154 valence electrons. The number of nitrogens with zero attached hydrogens (tertiary/aromatic N) is 2. The zero-order valence-corrected chi connectivity index (χ0v) is 18.6. The minimum Gasteiger partial charge on any atom is -0.330 e. The van der Waals surface area contributed by atoms with E-state index in [1.54, 1.807) is 17.4 Å². The third kappa shape index (κ3) is 4.61. The highest BCUT2D eigenvalue weighted by molar-refractivity contribution is 7.10. The summed E-state index contributed by atoms with van der Waals surface area (Å²) in [6.45, 7) is 12.9. The molecule has 0 aliphatic carbocycles. The second-order valence-electron chi connectivity index (χ2n) is 8.60. The molecule has 0 unspecified atom stereocenters. The molecular formula is C24H30N2O2S. The van der Waals surface area contributed by atoms with Crippen molar-refractivity contribution in [1.29, 1.82) is 0 Å². The third-order valence-corrected chi connectivity index (χ3v) is 6.50. The van der Waals surface area contributed by atoms with Crippen LogP contribution in [0.15, 0.2) is 48.4 Å². The van der Waals surface area contributed by atoms with Crippen LogP contribution in [0.4, 0.5) is 0 Å². The van der Waals surface area contributed by atoms with E-state index in [-0.39, 0.29) is 29.8 Å². The normalized spacial score (nSPS) is 16.3. The number of amides is 2. The fraction of sp³-hybridized carbons (Fsp3) is 0.417. The lowest BCUT2D eigenvalue weighted by molar-refractivity contribution is -0.140. The van der Waals surface area contributed by atoms with Gasteiger partial charge in [-0.2, -0.15) is 0 Å². The summed E-state index contributed by atoms with van der Waals surface area (Å²) in [5, 5.41) is 2.11. The van der Waals surface area contributed by atoms with Crippen molar-refractivity contribution in [3.8, 4) is 0 Å². The molecule has 1 aliphatic rings. The van der Waals surface area contributed by atoms with Gasteiger partial charge < -0.3 is 9.80 Å². The zero-order chi connectivity index (χ0) is 21.2. The van der Waals surface area contributed by atoms with Gasteiger partial charge in [0.1, 0.15) is 6.54 Å². The van der Waals surface area contributed by atoms with Gasteiger partial charge in [-0.3, -0.25) is 9.59 Å². The van der Waals surface area contributed by atoms with Gasteiger partial charge in [0.05, 0.1) is 6.04 Å². The summed E-state index contributed by atoms with van der Waals surface area (Å²) in [5.41, 5.74) is 3.68. The van der Waals surface area contributed by atoms with E-state index in [4.69, 9.17) is 0 Å². The average molecular weight is 411 g/mol. The van der Waals surface area contributed by atoms with E-state index in [0.29, 0.717) is 13.1 Å². The lowest BCUT2D eigenvalue weighted by Crippen LogP contribution is -2.46. The lowest BCUT2D eigenvalue weighted by atomic mass is 9.85. The molecule has 0 spiro atoms. The number of rotatable bonds is 5. The van der Waals surface area contributed by atoms with Crippen LogP contribution in [0.5, 0.6) is 0 Å². The van der Waals surface area contributed by atoms with Crippen LogP contribution in [0.25, 0.3) is 0 Å². The molecule has 2 aromatic rings. The van der Waals surface area contributed by atoms with Gasteiger partial charge in [0, 0.05) is 24.9 Å². The van der Waals surface area contributed by atoms with Gasteiger partial charge in [-0.1, -0.05) is 51.1 Å². The van der Waals surface area contributed by atoms with Crippen molar-refractivity contribution < 1.29 is 9.59 Å². The SMILES string of the molecule is C=CCN(CC(=O)N1CCc2sccc2[C@H]1c1ccc(C(C)(C)C)cc1)C(C)=O. The van der Waals surface area contributed by atoms with Gasteiger partial charge in [-0.05, 0) is 40.0 Å². The monoisotopic (exact) mass is 410 g/mol. The Morgan fingerprint density at radius 2 is 1.93 bits per heavy atom. The van der Waals surface area contributed by atoms with Crippen LogP contribution in [0.2, 0.25) is 0 Å². The number of fused-ring (bicyclic) bond motifs is 1. The fourth-order valence-corrected chi connectivity index (χ4v) is 4.73. The molecule has 0 saturated heterocycles. The highest BCUT2D eigenvalue weighted by Crippen LogP contribution is 2.38. The van der Waals surface area contributed by atoms with Crippen LogP contribution in [0.1, 0.15) is 55.3 Å². The zero-order valence-electron chi connectivity index (χ0n) is 17.8. The van der Waals surface area contributed by atoms with Crippen molar-refractivity contribution in [3.05, 3.63) is 69.9 Å². The number of carbonyl (C=O) groups excluding carboxylic acids is 2. The number of thiophene rings is 1. The molecule has 0 bridgehead atoms. The number of benzene rings is 1. The molecule has 5 heteroatoms. The predicted octanol–water partition coefficient (Wildman–Crippen LogP) is 4.55. The minimum absolute atomic E-state index is 0.0243. The van der Waals surface area contributed by atoms with E-state index in [2.05, 4.69) is 63.1 Å². The molecule has 1 aromatic carbocycles. The molecular weight excluding hydrogens is 380 g/mol. The quantitative estimate of drug-likeness (QED) is 0.678. The summed E-state index contributed by atoms with van der Waals surface area (Å²) in [7, 11) is 0. The second kappa shape index (κ2) is 8.54. The van der Waals surface area contributed by atoms with Crippen LogP contribution in [-0.4, -0.2) is 41.2 Å². The molecule has 1 atom stereocenters. The van der Waals surface area contributed by atoms with Gasteiger partial charge in [0.15, 0.2) is 0 Å². The Morgan fingerprint density at radius 3 is 2.52 bits per heavy atom. The Kier molecular flexibility index (Phi) is 6.27. The highest BCUT2D eigenvalue weighted by atomic mass is 32.1. The van der Waals surface area contributed by atoms with E-state index in [1.807, 2.05) is 4.90 Å². The van der Waals surface area contributed by atoms with E-state index in [1.165, 1.54) is 27.8 Å². The van der Waals surface area contributed by atoms with Gasteiger partial charge in [0.2, 0.25) is 11.8 Å². The van der Waals surface area contributed by atoms with E-state index in [9.17, 15) is 9.59 Å². The summed E-state index contributed by atoms with van der Waals surface area (Å²) in [6.07, 6.45) is 2.52. The van der Waals surface area contributed by atoms with Gasteiger partial charge in [-0.15, -0.1) is 17.9 Å². The molecule has 2 heterocycles. The van der Waals surface area contributed by atoms with Crippen LogP contribution in [-0.2, 0) is 21.4 Å². The van der Waals surface area contributed by atoms with E-state index >= 15 is 0 Å². The lowest BCUT2D eigenvalue weighted by Gasteiger charge is -2.37. The maximum Gasteiger partial charge on any atom is 0.243 e. The second-order valence-corrected chi connectivity index (χ2v) is 9.60. The summed E-state index contributed by atoms with van der Waals surface area (Å²) in [5.74, 6) is -0.138. The first-order valence-electron chi connectivity index (χ1n) is 10.0. The van der Waals surface area contributed by atoms with Crippen LogP contribution >= 0.6 is 11.3 Å². The Labute approximate surface area is 177 Å². The standard InChI is InChI=1S/C24H30N2O2S/c1-6-13-25(17(2)27)16-22(28)26-14-11-21-20(12-15-29-21)23(26)18-7-9-19(10-8-18)24(3,4)5/h6-10,12,15,23H,1,11,13-14,16H2,2-5H3/t23-/m1/s1. The van der Waals surface area contributed by atoms with Crippen molar-refractivity contribution in [2.24, 2.45) is 0 Å². The molecule has 4 nitrogen and oxygen atoms in total. The first-order valence-corrected chi connectivity index (χ1v) is 10.9. The van der Waals surface area contributed by atoms with E-state index < -0.39 is 0 Å². The molecule has 0 radical (unpaired) electrons. The van der Waals surface area contributed by atoms with Crippen LogP contribution < -0.4 is 0 Å². The Hall–Kier alpha value is -2.40. The third-order valence-electron chi connectivity index (χ3n) is 5.50. The van der Waals surface area contributed by atoms with Crippen LogP contribution in [0.3, 0.4) is 0 Å². The molecule has 29 heavy (non-hydrogen) atoms. The van der Waals surface area contributed by atoms with Gasteiger partial charge in [0.25, 0.3) is 0 Å². The number of hydrogen-bond acceptors (Lipinski definition) is 3. The first kappa shape index (κ1) is 21.3. The summed E-state index contributed by atoms with van der Waals surface area (Å²) < 4.78 is 0. The van der Waals surface area contributed by atoms with Crippen molar-refractivity contribution in [3.63, 3.8) is 0 Å². The minimum atomic E-state index is -0.113. The largest absolute Gasteiger partial charge is 0.330 e. The smallest absolute Gasteiger partial charge is 0.243 e. The van der Waals surface area contributed by atoms with Gasteiger partial charge >= 0.3 is 0 Å². The van der Waals surface area contributed by atoms with Gasteiger partial charge in [-0.25, -0.2) is 0 Å². The van der Waals surface area contributed by atoms with Crippen molar-refractivity contribution >= 4 is 23.2 Å². The Balaban J connectivity index is 1.93. The number of hydrogen-bond donors (Lipinski definition) is 0. The fourth-order valence-electron chi connectivity index (χ4n) is 3.82. The molecule has 0 N–H and O–H groups in total. The van der Waals surface area contributed by atoms with Crippen molar-refractivity contribution in [2.75, 3.05) is 19.6 Å². The molecule has 0 saturated carbocycles. The highest BCUT2D eigenvalue weighted by Gasteiger charge is 2.33. The maximum absolute atomic E-state index is 13.2. The summed E-state index contributed by atoms with van der Waals surface area (Å²) in [6, 6.07) is 10.6. The maximum atomic E-state index is 13.2. The summed E-state index contributed by atoms with van der Waals surface area (Å²) in [4.78, 5) is 29.9. The predicted molar refractivity (Wildman–Crippen MR) is 119 cm³/mol. The Bertz CT molecular complexity index is 892. The molecule has 2 amide bonds. The number of carbonyl (C=O) groups is 2. The first-order chi connectivity index (χ1) is 13.7. The topological polar surface area (TPSA) is 40.6 Å². The van der Waals surface area contributed by atoms with E-state index in [0.717, 1.165) is 12.0 Å². The molecule has 1 aliphatic heterocycles. The average Bonchev–Trinajstić information content (AvgIpc) is 3.15. The van der Waals surface area contributed by atoms with Crippen molar-refractivity contribution in [2.45, 2.75) is 45.6 Å². The molecule has 0 fully saturated rings. The van der Waals surface area contributed by atoms with Crippen molar-refractivity contribution in [1.82, 2.24) is 9.80 Å². The molecule has 3 rings (SSSR count).